The molecule has 2 aliphatic rings. The first-order chi connectivity index (χ1) is 13.0. The number of nitrogens with one attached hydrogen (secondary N) is 2. The number of rotatable bonds is 5. The largest absolute Gasteiger partial charge is 0.454 e. The van der Waals surface area contributed by atoms with Crippen LogP contribution in [0.4, 0.5) is 5.95 Å². The van der Waals surface area contributed by atoms with Crippen LogP contribution in [-0.2, 0) is 16.4 Å². The Hall–Kier alpha value is -2.10. The fourth-order valence-electron chi connectivity index (χ4n) is 3.36. The maximum atomic E-state index is 12.1. The normalized spacial score (nSPS) is 18.4. The van der Waals surface area contributed by atoms with Crippen LogP contribution in [0.3, 0.4) is 0 Å². The molecule has 0 amide bonds. The van der Waals surface area contributed by atoms with Crippen molar-refractivity contribution in [1.82, 2.24) is 15.3 Å². The van der Waals surface area contributed by atoms with Crippen LogP contribution in [-0.4, -0.2) is 44.5 Å². The molecule has 0 saturated carbocycles. The zero-order chi connectivity index (χ0) is 18.9. The van der Waals surface area contributed by atoms with Crippen LogP contribution in [0.5, 0.6) is 11.5 Å². The van der Waals surface area contributed by atoms with Crippen LogP contribution in [0, 0.1) is 0 Å². The van der Waals surface area contributed by atoms with Gasteiger partial charge in [0.25, 0.3) is 0 Å². The van der Waals surface area contributed by atoms with E-state index in [0.29, 0.717) is 18.2 Å². The Balaban J connectivity index is 0.00000225. The Kier molecular flexibility index (Phi) is 6.26. The SMILES string of the molecule is CS(=O)(=O)c1cnc(NCc2ccc3c(c2)OCO3)nc1C1CCCNC1.Cl. The fraction of sp³-hybridized carbons (Fsp3) is 0.444. The van der Waals surface area contributed by atoms with Crippen LogP contribution < -0.4 is 20.1 Å². The van der Waals surface area contributed by atoms with Crippen molar-refractivity contribution in [2.45, 2.75) is 30.2 Å². The number of anilines is 1. The molecule has 0 radical (unpaired) electrons. The molecule has 0 aliphatic carbocycles. The van der Waals surface area contributed by atoms with Crippen LogP contribution >= 0.6 is 12.4 Å². The molecular weight excluding hydrogens is 404 g/mol. The van der Waals surface area contributed by atoms with Crippen LogP contribution in [0.15, 0.2) is 29.3 Å². The standard InChI is InChI=1S/C18H22N4O4S.ClH/c1-27(23,24)16-10-21-18(22-17(16)13-3-2-6-19-9-13)20-8-12-4-5-14-15(7-12)26-11-25-14;/h4-5,7,10,13,19H,2-3,6,8-9,11H2,1H3,(H,20,21,22);1H. The Labute approximate surface area is 170 Å². The van der Waals surface area contributed by atoms with Gasteiger partial charge < -0.3 is 20.1 Å². The quantitative estimate of drug-likeness (QED) is 0.749. The van der Waals surface area contributed by atoms with Gasteiger partial charge in [-0.1, -0.05) is 6.07 Å². The minimum absolute atomic E-state index is 0. The number of sulfone groups is 1. The van der Waals surface area contributed by atoms with Gasteiger partial charge in [0, 0.05) is 25.3 Å². The van der Waals surface area contributed by atoms with E-state index in [2.05, 4.69) is 20.6 Å². The molecule has 0 spiro atoms. The lowest BCUT2D eigenvalue weighted by Gasteiger charge is -2.24. The van der Waals surface area contributed by atoms with E-state index in [1.807, 2.05) is 18.2 Å². The van der Waals surface area contributed by atoms with Gasteiger partial charge in [-0.3, -0.25) is 0 Å². The van der Waals surface area contributed by atoms with E-state index in [1.165, 1.54) is 12.5 Å². The topological polar surface area (TPSA) is 102 Å². The van der Waals surface area contributed by atoms with Crippen molar-refractivity contribution >= 4 is 28.2 Å². The molecule has 10 heteroatoms. The predicted molar refractivity (Wildman–Crippen MR) is 107 cm³/mol. The van der Waals surface area contributed by atoms with Crippen molar-refractivity contribution in [2.24, 2.45) is 0 Å². The van der Waals surface area contributed by atoms with Crippen LogP contribution in [0.25, 0.3) is 0 Å². The lowest BCUT2D eigenvalue weighted by Crippen LogP contribution is -2.30. The van der Waals surface area contributed by atoms with Crippen LogP contribution in [0.2, 0.25) is 0 Å². The van der Waals surface area contributed by atoms with Gasteiger partial charge in [-0.15, -0.1) is 12.4 Å². The molecule has 2 aliphatic heterocycles. The molecule has 1 aromatic carbocycles. The third kappa shape index (κ3) is 4.48. The lowest BCUT2D eigenvalue weighted by molar-refractivity contribution is 0.174. The zero-order valence-electron chi connectivity index (χ0n) is 15.5. The van der Waals surface area contributed by atoms with Gasteiger partial charge in [0.1, 0.15) is 4.90 Å². The number of benzene rings is 1. The van der Waals surface area contributed by atoms with Crippen molar-refractivity contribution in [2.75, 3.05) is 31.5 Å². The molecule has 28 heavy (non-hydrogen) atoms. The van der Waals surface area contributed by atoms with E-state index >= 15 is 0 Å². The van der Waals surface area contributed by atoms with E-state index in [-0.39, 0.29) is 30.0 Å². The van der Waals surface area contributed by atoms with Gasteiger partial charge in [0.15, 0.2) is 21.3 Å². The number of nitrogens with zero attached hydrogens (tertiary/aromatic N) is 2. The Morgan fingerprint density at radius 1 is 1.29 bits per heavy atom. The number of hydrogen-bond donors (Lipinski definition) is 2. The fourth-order valence-corrected chi connectivity index (χ4v) is 4.20. The molecule has 8 nitrogen and oxygen atoms in total. The summed E-state index contributed by atoms with van der Waals surface area (Å²) in [6.07, 6.45) is 4.52. The highest BCUT2D eigenvalue weighted by Gasteiger charge is 2.25. The molecule has 1 atom stereocenters. The number of hydrogen-bond acceptors (Lipinski definition) is 8. The summed E-state index contributed by atoms with van der Waals surface area (Å²) in [5, 5.41) is 6.49. The van der Waals surface area contributed by atoms with Gasteiger partial charge in [-0.05, 0) is 37.1 Å². The van der Waals surface area contributed by atoms with Gasteiger partial charge in [-0.2, -0.15) is 0 Å². The highest BCUT2D eigenvalue weighted by molar-refractivity contribution is 7.90. The van der Waals surface area contributed by atoms with Crippen molar-refractivity contribution < 1.29 is 17.9 Å². The van der Waals surface area contributed by atoms with E-state index in [0.717, 1.165) is 43.0 Å². The lowest BCUT2D eigenvalue weighted by atomic mass is 9.96. The smallest absolute Gasteiger partial charge is 0.231 e. The third-order valence-electron chi connectivity index (χ3n) is 4.75. The molecular formula is C18H23ClN4O4S. The zero-order valence-corrected chi connectivity index (χ0v) is 17.1. The number of aromatic nitrogens is 2. The molecule has 3 heterocycles. The second-order valence-corrected chi connectivity index (χ2v) is 8.78. The summed E-state index contributed by atoms with van der Waals surface area (Å²) in [6, 6.07) is 5.72. The van der Waals surface area contributed by atoms with Crippen molar-refractivity contribution in [3.63, 3.8) is 0 Å². The number of fused-ring (bicyclic) bond motifs is 1. The van der Waals surface area contributed by atoms with E-state index < -0.39 is 9.84 Å². The molecule has 4 rings (SSSR count). The van der Waals surface area contributed by atoms with Crippen molar-refractivity contribution in [3.05, 3.63) is 35.7 Å². The first-order valence-corrected chi connectivity index (χ1v) is 10.8. The Morgan fingerprint density at radius 3 is 2.86 bits per heavy atom. The first-order valence-electron chi connectivity index (χ1n) is 8.91. The highest BCUT2D eigenvalue weighted by Crippen LogP contribution is 2.33. The Bertz CT molecular complexity index is 949. The molecule has 1 saturated heterocycles. The third-order valence-corrected chi connectivity index (χ3v) is 5.87. The molecule has 1 aromatic heterocycles. The summed E-state index contributed by atoms with van der Waals surface area (Å²) >= 11 is 0. The summed E-state index contributed by atoms with van der Waals surface area (Å²) in [7, 11) is -3.38. The van der Waals surface area contributed by atoms with Crippen LogP contribution in [0.1, 0.15) is 30.0 Å². The minimum atomic E-state index is -3.38. The average molecular weight is 427 g/mol. The summed E-state index contributed by atoms with van der Waals surface area (Å²) in [4.78, 5) is 8.98. The van der Waals surface area contributed by atoms with Crippen molar-refractivity contribution in [3.8, 4) is 11.5 Å². The molecule has 0 bridgehead atoms. The van der Waals surface area contributed by atoms with E-state index in [1.54, 1.807) is 0 Å². The molecule has 152 valence electrons. The first kappa shape index (κ1) is 20.6. The number of piperidine rings is 1. The second-order valence-electron chi connectivity index (χ2n) is 6.80. The maximum Gasteiger partial charge on any atom is 0.231 e. The monoisotopic (exact) mass is 426 g/mol. The number of halogens is 1. The summed E-state index contributed by atoms with van der Waals surface area (Å²) in [5.41, 5.74) is 1.59. The summed E-state index contributed by atoms with van der Waals surface area (Å²) in [6.45, 7) is 2.41. The van der Waals surface area contributed by atoms with Gasteiger partial charge >= 0.3 is 0 Å². The van der Waals surface area contributed by atoms with E-state index in [9.17, 15) is 8.42 Å². The second kappa shape index (κ2) is 8.50. The molecule has 1 fully saturated rings. The molecule has 2 aromatic rings. The summed E-state index contributed by atoms with van der Waals surface area (Å²) in [5.74, 6) is 1.94. The predicted octanol–water partition coefficient (Wildman–Crippen LogP) is 2.11. The van der Waals surface area contributed by atoms with Gasteiger partial charge in [0.05, 0.1) is 11.9 Å². The number of ether oxygens (including phenoxy) is 2. The maximum absolute atomic E-state index is 12.1. The molecule has 2 N–H and O–H groups in total. The van der Waals surface area contributed by atoms with Gasteiger partial charge in [-0.25, -0.2) is 18.4 Å². The van der Waals surface area contributed by atoms with Crippen molar-refractivity contribution in [1.29, 1.82) is 0 Å². The highest BCUT2D eigenvalue weighted by atomic mass is 35.5. The average Bonchev–Trinajstić information content (AvgIpc) is 3.14. The molecule has 1 unspecified atom stereocenters. The van der Waals surface area contributed by atoms with Gasteiger partial charge in [0.2, 0.25) is 12.7 Å². The Morgan fingerprint density at radius 2 is 2.11 bits per heavy atom. The summed E-state index contributed by atoms with van der Waals surface area (Å²) < 4.78 is 35.0. The van der Waals surface area contributed by atoms with E-state index in [4.69, 9.17) is 9.47 Å². The minimum Gasteiger partial charge on any atom is -0.454 e.